The van der Waals surface area contributed by atoms with Crippen LogP contribution in [0.5, 0.6) is 0 Å². The number of ether oxygens (including phenoxy) is 3. The van der Waals surface area contributed by atoms with Gasteiger partial charge in [-0.1, -0.05) is 32.6 Å². The van der Waals surface area contributed by atoms with E-state index in [0.29, 0.717) is 25.4 Å². The molecular weight excluding hydrogens is 266 g/mol. The maximum atomic E-state index is 6.35. The Kier molecular flexibility index (Phi) is 8.01. The van der Waals surface area contributed by atoms with E-state index in [1.807, 2.05) is 0 Å². The van der Waals surface area contributed by atoms with Crippen molar-refractivity contribution in [2.24, 2.45) is 0 Å². The van der Waals surface area contributed by atoms with E-state index in [1.54, 1.807) is 7.11 Å². The second kappa shape index (κ2) is 9.78. The van der Waals surface area contributed by atoms with Gasteiger partial charge < -0.3 is 19.5 Å². The lowest BCUT2D eigenvalue weighted by Gasteiger charge is -2.45. The summed E-state index contributed by atoms with van der Waals surface area (Å²) < 4.78 is 17.4. The molecule has 0 aromatic carbocycles. The highest BCUT2D eigenvalue weighted by atomic mass is 16.6. The van der Waals surface area contributed by atoms with E-state index in [1.165, 1.54) is 38.5 Å². The van der Waals surface area contributed by atoms with E-state index in [2.05, 4.69) is 12.2 Å². The molecule has 3 unspecified atom stereocenters. The van der Waals surface area contributed by atoms with Crippen LogP contribution in [0.2, 0.25) is 0 Å². The van der Waals surface area contributed by atoms with Crippen LogP contribution in [0.3, 0.4) is 0 Å². The summed E-state index contributed by atoms with van der Waals surface area (Å²) in [5, 5.41) is 3.58. The summed E-state index contributed by atoms with van der Waals surface area (Å²) in [6.07, 6.45) is 11.0. The van der Waals surface area contributed by atoms with Crippen molar-refractivity contribution in [2.45, 2.75) is 82.6 Å². The summed E-state index contributed by atoms with van der Waals surface area (Å²) in [4.78, 5) is 0. The maximum absolute atomic E-state index is 6.35. The largest absolute Gasteiger partial charge is 0.382 e. The normalized spacial score (nSPS) is 30.9. The summed E-state index contributed by atoms with van der Waals surface area (Å²) in [6, 6.07) is 0.456. The van der Waals surface area contributed by atoms with Crippen molar-refractivity contribution < 1.29 is 14.2 Å². The van der Waals surface area contributed by atoms with Gasteiger partial charge in [0.15, 0.2) is 0 Å². The Labute approximate surface area is 129 Å². The van der Waals surface area contributed by atoms with Gasteiger partial charge in [-0.15, -0.1) is 0 Å². The van der Waals surface area contributed by atoms with Crippen molar-refractivity contribution in [3.05, 3.63) is 0 Å². The highest BCUT2D eigenvalue weighted by molar-refractivity contribution is 4.97. The second-order valence-corrected chi connectivity index (χ2v) is 6.41. The first kappa shape index (κ1) is 17.2. The molecule has 2 rings (SSSR count). The molecule has 0 amide bonds. The molecule has 2 fully saturated rings. The molecule has 4 heteroatoms. The number of methoxy groups -OCH3 is 1. The summed E-state index contributed by atoms with van der Waals surface area (Å²) >= 11 is 0. The van der Waals surface area contributed by atoms with Gasteiger partial charge in [-0.25, -0.2) is 0 Å². The molecule has 21 heavy (non-hydrogen) atoms. The van der Waals surface area contributed by atoms with Gasteiger partial charge in [0.25, 0.3) is 0 Å². The van der Waals surface area contributed by atoms with Gasteiger partial charge in [0.05, 0.1) is 31.5 Å². The first-order chi connectivity index (χ1) is 10.3. The fourth-order valence-corrected chi connectivity index (χ4v) is 3.36. The monoisotopic (exact) mass is 299 g/mol. The Morgan fingerprint density at radius 3 is 2.48 bits per heavy atom. The standard InChI is InChI=1S/C17H33NO3/c1-3-10-18-15-13-16(17(15)20-12-11-19-2)21-14-8-6-4-5-7-9-14/h14-18H,3-13H2,1-2H3. The summed E-state index contributed by atoms with van der Waals surface area (Å²) in [5.74, 6) is 0. The summed E-state index contributed by atoms with van der Waals surface area (Å²) in [5.41, 5.74) is 0. The van der Waals surface area contributed by atoms with Crippen LogP contribution >= 0.6 is 0 Å². The Morgan fingerprint density at radius 2 is 1.81 bits per heavy atom. The first-order valence-electron chi connectivity index (χ1n) is 8.84. The lowest BCUT2D eigenvalue weighted by molar-refractivity contribution is -0.173. The van der Waals surface area contributed by atoms with Gasteiger partial charge in [-0.2, -0.15) is 0 Å². The minimum atomic E-state index is 0.204. The molecule has 4 nitrogen and oxygen atoms in total. The van der Waals surface area contributed by atoms with E-state index in [4.69, 9.17) is 14.2 Å². The van der Waals surface area contributed by atoms with Crippen molar-refractivity contribution in [2.75, 3.05) is 26.9 Å². The van der Waals surface area contributed by atoms with Crippen molar-refractivity contribution >= 4 is 0 Å². The molecule has 1 N–H and O–H groups in total. The third-order valence-electron chi connectivity index (χ3n) is 4.67. The topological polar surface area (TPSA) is 39.7 Å². The third kappa shape index (κ3) is 5.51. The lowest BCUT2D eigenvalue weighted by atomic mass is 9.84. The fourth-order valence-electron chi connectivity index (χ4n) is 3.36. The molecule has 2 saturated carbocycles. The molecular formula is C17H33NO3. The zero-order chi connectivity index (χ0) is 14.9. The molecule has 0 aromatic heterocycles. The summed E-state index contributed by atoms with van der Waals surface area (Å²) in [6.45, 7) is 4.58. The summed E-state index contributed by atoms with van der Waals surface area (Å²) in [7, 11) is 1.72. The van der Waals surface area contributed by atoms with Crippen LogP contribution in [-0.2, 0) is 14.2 Å². The van der Waals surface area contributed by atoms with Gasteiger partial charge in [-0.05, 0) is 32.2 Å². The SMILES string of the molecule is CCCNC1CC(OC2CCCCCC2)C1OCCOC. The number of hydrogen-bond acceptors (Lipinski definition) is 4. The molecule has 0 bridgehead atoms. The van der Waals surface area contributed by atoms with Crippen LogP contribution in [0.1, 0.15) is 58.3 Å². The van der Waals surface area contributed by atoms with Crippen LogP contribution < -0.4 is 5.32 Å². The van der Waals surface area contributed by atoms with E-state index >= 15 is 0 Å². The number of rotatable bonds is 9. The predicted octanol–water partition coefficient (Wildman–Crippen LogP) is 2.90. The van der Waals surface area contributed by atoms with Crippen LogP contribution in [-0.4, -0.2) is 51.2 Å². The molecule has 2 aliphatic carbocycles. The lowest BCUT2D eigenvalue weighted by Crippen LogP contribution is -2.61. The molecule has 2 aliphatic rings. The Balaban J connectivity index is 1.76. The maximum Gasteiger partial charge on any atom is 0.0991 e. The number of nitrogens with one attached hydrogen (secondary N) is 1. The van der Waals surface area contributed by atoms with Gasteiger partial charge in [0, 0.05) is 13.2 Å². The van der Waals surface area contributed by atoms with E-state index in [9.17, 15) is 0 Å². The third-order valence-corrected chi connectivity index (χ3v) is 4.67. The molecule has 0 aliphatic heterocycles. The Bertz CT molecular complexity index is 267. The zero-order valence-electron chi connectivity index (χ0n) is 13.8. The van der Waals surface area contributed by atoms with E-state index in [-0.39, 0.29) is 12.2 Å². The Hall–Kier alpha value is -0.160. The van der Waals surface area contributed by atoms with Crippen molar-refractivity contribution in [1.82, 2.24) is 5.32 Å². The van der Waals surface area contributed by atoms with Gasteiger partial charge in [-0.3, -0.25) is 0 Å². The first-order valence-corrected chi connectivity index (χ1v) is 8.84. The fraction of sp³-hybridized carbons (Fsp3) is 1.00. The average Bonchev–Trinajstić information content (AvgIpc) is 2.75. The average molecular weight is 299 g/mol. The zero-order valence-corrected chi connectivity index (χ0v) is 13.8. The quantitative estimate of drug-likeness (QED) is 0.525. The molecule has 3 atom stereocenters. The highest BCUT2D eigenvalue weighted by Crippen LogP contribution is 2.31. The molecule has 0 saturated heterocycles. The smallest absolute Gasteiger partial charge is 0.0991 e. The van der Waals surface area contributed by atoms with Crippen molar-refractivity contribution in [3.63, 3.8) is 0 Å². The molecule has 124 valence electrons. The number of hydrogen-bond donors (Lipinski definition) is 1. The van der Waals surface area contributed by atoms with Gasteiger partial charge >= 0.3 is 0 Å². The van der Waals surface area contributed by atoms with Crippen LogP contribution in [0.25, 0.3) is 0 Å². The van der Waals surface area contributed by atoms with Crippen LogP contribution in [0.15, 0.2) is 0 Å². The minimum absolute atomic E-state index is 0.204. The Morgan fingerprint density at radius 1 is 1.05 bits per heavy atom. The van der Waals surface area contributed by atoms with Crippen LogP contribution in [0, 0.1) is 0 Å². The molecule has 0 heterocycles. The molecule has 0 spiro atoms. The van der Waals surface area contributed by atoms with Crippen molar-refractivity contribution in [1.29, 1.82) is 0 Å². The molecule has 0 aromatic rings. The predicted molar refractivity (Wildman–Crippen MR) is 84.7 cm³/mol. The second-order valence-electron chi connectivity index (χ2n) is 6.41. The van der Waals surface area contributed by atoms with Crippen LogP contribution in [0.4, 0.5) is 0 Å². The minimum Gasteiger partial charge on any atom is -0.382 e. The van der Waals surface area contributed by atoms with Crippen molar-refractivity contribution in [3.8, 4) is 0 Å². The van der Waals surface area contributed by atoms with E-state index < -0.39 is 0 Å². The van der Waals surface area contributed by atoms with E-state index in [0.717, 1.165) is 19.4 Å². The van der Waals surface area contributed by atoms with Gasteiger partial charge in [0.1, 0.15) is 0 Å². The molecule has 0 radical (unpaired) electrons. The van der Waals surface area contributed by atoms with Gasteiger partial charge in [0.2, 0.25) is 0 Å². The highest BCUT2D eigenvalue weighted by Gasteiger charge is 2.43.